The fourth-order valence-electron chi connectivity index (χ4n) is 1.89. The van der Waals surface area contributed by atoms with E-state index in [1.807, 2.05) is 11.8 Å². The molecule has 0 amide bonds. The van der Waals surface area contributed by atoms with E-state index in [2.05, 4.69) is 20.8 Å². The average molecular weight is 306 g/mol. The van der Waals surface area contributed by atoms with E-state index in [9.17, 15) is 4.79 Å². The lowest BCUT2D eigenvalue weighted by molar-refractivity contribution is -0.144. The molecule has 1 unspecified atom stereocenters. The van der Waals surface area contributed by atoms with Crippen LogP contribution in [-0.4, -0.2) is 48.0 Å². The molecular weight excluding hydrogens is 276 g/mol. The Hall–Kier alpha value is -0.260. The average Bonchev–Trinajstić information content (AvgIpc) is 2.38. The van der Waals surface area contributed by atoms with E-state index in [-0.39, 0.29) is 17.5 Å². The Morgan fingerprint density at radius 2 is 2.00 bits per heavy atom. The van der Waals surface area contributed by atoms with Crippen molar-refractivity contribution in [1.82, 2.24) is 0 Å². The second-order valence-electron chi connectivity index (χ2n) is 5.66. The zero-order valence-electron chi connectivity index (χ0n) is 13.3. The summed E-state index contributed by atoms with van der Waals surface area (Å²) >= 11 is 1.84. The highest BCUT2D eigenvalue weighted by Gasteiger charge is 2.21. The summed E-state index contributed by atoms with van der Waals surface area (Å²) in [6, 6.07) is 0. The largest absolute Gasteiger partial charge is 0.480 e. The number of aliphatic carboxylic acids is 1. The zero-order valence-corrected chi connectivity index (χ0v) is 14.1. The van der Waals surface area contributed by atoms with Crippen molar-refractivity contribution in [3.63, 3.8) is 0 Å². The van der Waals surface area contributed by atoms with E-state index in [1.54, 1.807) is 7.11 Å². The maximum atomic E-state index is 10.5. The van der Waals surface area contributed by atoms with Gasteiger partial charge < -0.3 is 14.6 Å². The van der Waals surface area contributed by atoms with Gasteiger partial charge in [-0.25, -0.2) is 4.79 Å². The van der Waals surface area contributed by atoms with Crippen LogP contribution in [0.2, 0.25) is 0 Å². The third kappa shape index (κ3) is 11.6. The fraction of sp³-hybridized carbons (Fsp3) is 0.933. The normalized spacial score (nSPS) is 13.4. The van der Waals surface area contributed by atoms with Crippen molar-refractivity contribution >= 4 is 17.7 Å². The van der Waals surface area contributed by atoms with Crippen molar-refractivity contribution in [2.75, 3.05) is 26.1 Å². The molecule has 0 saturated heterocycles. The molecule has 0 aliphatic carbocycles. The summed E-state index contributed by atoms with van der Waals surface area (Å²) in [6.45, 7) is 6.88. The van der Waals surface area contributed by atoms with Gasteiger partial charge in [0, 0.05) is 17.6 Å². The van der Waals surface area contributed by atoms with Gasteiger partial charge >= 0.3 is 5.97 Å². The Labute approximate surface area is 127 Å². The maximum absolute atomic E-state index is 10.5. The van der Waals surface area contributed by atoms with Crippen LogP contribution in [0.15, 0.2) is 0 Å². The molecule has 5 heteroatoms. The van der Waals surface area contributed by atoms with Gasteiger partial charge in [0.25, 0.3) is 0 Å². The van der Waals surface area contributed by atoms with E-state index in [0.717, 1.165) is 5.75 Å². The molecule has 0 radical (unpaired) electrons. The summed E-state index contributed by atoms with van der Waals surface area (Å²) in [5.74, 6) is -0.169. The van der Waals surface area contributed by atoms with Crippen molar-refractivity contribution in [3.8, 4) is 0 Å². The fourth-order valence-corrected chi connectivity index (χ4v) is 3.01. The van der Waals surface area contributed by atoms with Crippen molar-refractivity contribution < 1.29 is 19.4 Å². The highest BCUT2D eigenvalue weighted by Crippen LogP contribution is 2.31. The molecule has 120 valence electrons. The van der Waals surface area contributed by atoms with Crippen LogP contribution in [0.3, 0.4) is 0 Å². The van der Waals surface area contributed by atoms with Crippen molar-refractivity contribution in [2.24, 2.45) is 0 Å². The lowest BCUT2D eigenvalue weighted by Gasteiger charge is -2.26. The monoisotopic (exact) mass is 306 g/mol. The smallest absolute Gasteiger partial charge is 0.329 e. The van der Waals surface area contributed by atoms with Gasteiger partial charge in [-0.2, -0.15) is 11.8 Å². The molecule has 20 heavy (non-hydrogen) atoms. The number of methoxy groups -OCH3 is 1. The summed E-state index contributed by atoms with van der Waals surface area (Å²) in [6.07, 6.45) is 6.12. The number of hydrogen-bond donors (Lipinski definition) is 1. The lowest BCUT2D eigenvalue weighted by Crippen LogP contribution is -2.28. The molecule has 0 heterocycles. The molecular formula is C15H30O4S. The first kappa shape index (κ1) is 19.7. The predicted octanol–water partition coefficient (Wildman–Crippen LogP) is 3.58. The molecule has 0 rings (SSSR count). The molecule has 0 fully saturated rings. The van der Waals surface area contributed by atoms with E-state index < -0.39 is 5.97 Å². The van der Waals surface area contributed by atoms with Crippen LogP contribution in [0, 0.1) is 0 Å². The van der Waals surface area contributed by atoms with E-state index in [1.165, 1.54) is 32.1 Å². The summed E-state index contributed by atoms with van der Waals surface area (Å²) in [5.41, 5.74) is 0. The number of carboxylic acid groups (broad SMARTS) is 1. The van der Waals surface area contributed by atoms with Gasteiger partial charge in [-0.3, -0.25) is 0 Å². The van der Waals surface area contributed by atoms with Gasteiger partial charge in [-0.1, -0.05) is 46.5 Å². The minimum atomic E-state index is -0.935. The number of carboxylic acids is 1. The van der Waals surface area contributed by atoms with Gasteiger partial charge in [0.2, 0.25) is 0 Å². The first-order valence-electron chi connectivity index (χ1n) is 7.37. The Bertz CT molecular complexity index is 256. The van der Waals surface area contributed by atoms with Crippen LogP contribution in [0.1, 0.15) is 52.9 Å². The van der Waals surface area contributed by atoms with Crippen molar-refractivity contribution in [1.29, 1.82) is 0 Å². The quantitative estimate of drug-likeness (QED) is 0.527. The second-order valence-corrected chi connectivity index (χ2v) is 7.39. The standard InChI is InChI=1S/C15H30O4S/c1-5-6-7-8-9-15(2,3)20-12-13(10-18-4)19-11-14(16)17/h13H,5-12H2,1-4H3,(H,16,17). The molecule has 0 aliphatic heterocycles. The minimum Gasteiger partial charge on any atom is -0.480 e. The molecule has 1 atom stereocenters. The molecule has 0 bridgehead atoms. The molecule has 0 aliphatic rings. The Morgan fingerprint density at radius 3 is 2.55 bits per heavy atom. The number of hydrogen-bond acceptors (Lipinski definition) is 4. The topological polar surface area (TPSA) is 55.8 Å². The van der Waals surface area contributed by atoms with Gasteiger partial charge in [0.15, 0.2) is 0 Å². The molecule has 0 aromatic heterocycles. The summed E-state index contributed by atoms with van der Waals surface area (Å²) < 4.78 is 10.6. The molecule has 0 spiro atoms. The highest BCUT2D eigenvalue weighted by molar-refractivity contribution is 8.00. The van der Waals surface area contributed by atoms with Crippen LogP contribution >= 0.6 is 11.8 Å². The first-order chi connectivity index (χ1) is 9.41. The SMILES string of the molecule is CCCCCCC(C)(C)SCC(COC)OCC(=O)O. The van der Waals surface area contributed by atoms with Crippen LogP contribution in [0.25, 0.3) is 0 Å². The van der Waals surface area contributed by atoms with Gasteiger partial charge in [-0.05, 0) is 6.42 Å². The maximum Gasteiger partial charge on any atom is 0.329 e. The van der Waals surface area contributed by atoms with E-state index >= 15 is 0 Å². The summed E-state index contributed by atoms with van der Waals surface area (Å²) in [4.78, 5) is 10.5. The number of ether oxygens (including phenoxy) is 2. The van der Waals surface area contributed by atoms with E-state index in [0.29, 0.717) is 6.61 Å². The Kier molecular flexibility index (Phi) is 11.3. The molecule has 0 saturated carbocycles. The molecule has 1 N–H and O–H groups in total. The Balaban J connectivity index is 3.99. The van der Waals surface area contributed by atoms with Gasteiger partial charge in [-0.15, -0.1) is 0 Å². The summed E-state index contributed by atoms with van der Waals surface area (Å²) in [5, 5.41) is 8.65. The van der Waals surface area contributed by atoms with Crippen LogP contribution in [0.5, 0.6) is 0 Å². The highest BCUT2D eigenvalue weighted by atomic mass is 32.2. The number of carbonyl (C=O) groups is 1. The minimum absolute atomic E-state index is 0.156. The van der Waals surface area contributed by atoms with Crippen molar-refractivity contribution in [2.45, 2.75) is 63.7 Å². The van der Waals surface area contributed by atoms with Gasteiger partial charge in [0.1, 0.15) is 6.61 Å². The molecule has 4 nitrogen and oxygen atoms in total. The number of rotatable bonds is 13. The van der Waals surface area contributed by atoms with Crippen LogP contribution in [0.4, 0.5) is 0 Å². The van der Waals surface area contributed by atoms with E-state index in [4.69, 9.17) is 14.6 Å². The van der Waals surface area contributed by atoms with Crippen LogP contribution < -0.4 is 0 Å². The van der Waals surface area contributed by atoms with Crippen molar-refractivity contribution in [3.05, 3.63) is 0 Å². The van der Waals surface area contributed by atoms with Crippen LogP contribution in [-0.2, 0) is 14.3 Å². The molecule has 0 aromatic carbocycles. The number of unbranched alkanes of at least 4 members (excludes halogenated alkanes) is 3. The third-order valence-corrected chi connectivity index (χ3v) is 4.61. The predicted molar refractivity (Wildman–Crippen MR) is 84.5 cm³/mol. The lowest BCUT2D eigenvalue weighted by atomic mass is 10.0. The zero-order chi connectivity index (χ0) is 15.4. The third-order valence-electron chi connectivity index (χ3n) is 3.09. The number of thioether (sulfide) groups is 1. The Morgan fingerprint density at radius 1 is 1.30 bits per heavy atom. The second kappa shape index (κ2) is 11.4. The summed E-state index contributed by atoms with van der Waals surface area (Å²) in [7, 11) is 1.61. The first-order valence-corrected chi connectivity index (χ1v) is 8.36. The molecule has 0 aromatic rings. The van der Waals surface area contributed by atoms with Gasteiger partial charge in [0.05, 0.1) is 12.7 Å².